The molecule has 1 heterocycles. The molecule has 1 amide bonds. The molecular weight excluding hydrogens is 287 g/mol. The van der Waals surface area contributed by atoms with E-state index < -0.39 is 0 Å². The van der Waals surface area contributed by atoms with Crippen molar-refractivity contribution in [2.24, 2.45) is 0 Å². The van der Waals surface area contributed by atoms with E-state index in [9.17, 15) is 4.79 Å². The maximum atomic E-state index is 11.9. The first kappa shape index (κ1) is 13.7. The predicted molar refractivity (Wildman–Crippen MR) is 76.5 cm³/mol. The van der Waals surface area contributed by atoms with Gasteiger partial charge in [-0.2, -0.15) is 5.10 Å². The number of amides is 1. The van der Waals surface area contributed by atoms with Crippen LogP contribution in [0, 0.1) is 6.92 Å². The highest BCUT2D eigenvalue weighted by molar-refractivity contribution is 6.33. The summed E-state index contributed by atoms with van der Waals surface area (Å²) in [7, 11) is 0. The molecule has 2 rings (SSSR count). The number of hydrogen-bond acceptors (Lipinski definition) is 3. The van der Waals surface area contributed by atoms with E-state index in [1.165, 1.54) is 4.68 Å². The summed E-state index contributed by atoms with van der Waals surface area (Å²) in [5.41, 5.74) is 7.31. The molecule has 3 N–H and O–H groups in total. The summed E-state index contributed by atoms with van der Waals surface area (Å²) in [6, 6.07) is 4.89. The Labute approximate surface area is 120 Å². The van der Waals surface area contributed by atoms with Gasteiger partial charge in [-0.3, -0.25) is 9.48 Å². The molecule has 5 nitrogen and oxygen atoms in total. The molecule has 0 radical (unpaired) electrons. The van der Waals surface area contributed by atoms with Gasteiger partial charge in [-0.15, -0.1) is 0 Å². The Morgan fingerprint density at radius 1 is 1.42 bits per heavy atom. The minimum absolute atomic E-state index is 0.0543. The number of benzene rings is 1. The third-order valence-corrected chi connectivity index (χ3v) is 3.16. The highest BCUT2D eigenvalue weighted by Gasteiger charge is 2.09. The first-order chi connectivity index (χ1) is 8.95. The number of aryl methyl sites for hydroxylation is 1. The van der Waals surface area contributed by atoms with Gasteiger partial charge in [0.25, 0.3) is 0 Å². The van der Waals surface area contributed by atoms with Crippen LogP contribution in [0.25, 0.3) is 0 Å². The third kappa shape index (κ3) is 3.39. The molecule has 100 valence electrons. The Morgan fingerprint density at radius 2 is 2.16 bits per heavy atom. The summed E-state index contributed by atoms with van der Waals surface area (Å²) in [5, 5.41) is 7.72. The number of nitrogen functional groups attached to an aromatic ring is 1. The first-order valence-corrected chi connectivity index (χ1v) is 6.25. The molecule has 2 aromatic rings. The average molecular weight is 299 g/mol. The number of halogens is 2. The van der Waals surface area contributed by atoms with Gasteiger partial charge in [0.15, 0.2) is 0 Å². The summed E-state index contributed by atoms with van der Waals surface area (Å²) in [6.07, 6.45) is 1.59. The zero-order valence-corrected chi connectivity index (χ0v) is 11.7. The van der Waals surface area contributed by atoms with Crippen molar-refractivity contribution >= 4 is 40.5 Å². The summed E-state index contributed by atoms with van der Waals surface area (Å²) < 4.78 is 1.47. The van der Waals surface area contributed by atoms with E-state index in [4.69, 9.17) is 28.9 Å². The van der Waals surface area contributed by atoms with Crippen LogP contribution in [0.5, 0.6) is 0 Å². The Morgan fingerprint density at radius 3 is 2.79 bits per heavy atom. The van der Waals surface area contributed by atoms with Crippen molar-refractivity contribution in [1.29, 1.82) is 0 Å². The van der Waals surface area contributed by atoms with Crippen molar-refractivity contribution in [3.05, 3.63) is 40.1 Å². The standard InChI is InChI=1S/C12H12Cl2N4O/c1-7-10(14)5-18(17-7)6-12(19)16-11-4-8(15)2-3-9(11)13/h2-5H,6,15H2,1H3,(H,16,19). The van der Waals surface area contributed by atoms with E-state index in [0.29, 0.717) is 27.1 Å². The monoisotopic (exact) mass is 298 g/mol. The van der Waals surface area contributed by atoms with E-state index in [-0.39, 0.29) is 12.5 Å². The van der Waals surface area contributed by atoms with Gasteiger partial charge in [0.1, 0.15) is 6.54 Å². The van der Waals surface area contributed by atoms with E-state index in [0.717, 1.165) is 0 Å². The van der Waals surface area contributed by atoms with Crippen LogP contribution < -0.4 is 11.1 Å². The maximum absolute atomic E-state index is 11.9. The fourth-order valence-corrected chi connectivity index (χ4v) is 1.87. The van der Waals surface area contributed by atoms with E-state index in [2.05, 4.69) is 10.4 Å². The second-order valence-electron chi connectivity index (χ2n) is 4.05. The van der Waals surface area contributed by atoms with Crippen molar-refractivity contribution in [2.45, 2.75) is 13.5 Å². The molecule has 0 saturated heterocycles. The number of nitrogens with two attached hydrogens (primary N) is 1. The minimum Gasteiger partial charge on any atom is -0.399 e. The van der Waals surface area contributed by atoms with Crippen molar-refractivity contribution < 1.29 is 4.79 Å². The molecular formula is C12H12Cl2N4O. The van der Waals surface area contributed by atoms with Gasteiger partial charge >= 0.3 is 0 Å². The molecule has 0 aliphatic carbocycles. The topological polar surface area (TPSA) is 72.9 Å². The quantitative estimate of drug-likeness (QED) is 0.856. The summed E-state index contributed by atoms with van der Waals surface area (Å²) in [5.74, 6) is -0.258. The molecule has 0 fully saturated rings. The summed E-state index contributed by atoms with van der Waals surface area (Å²) in [6.45, 7) is 1.82. The van der Waals surface area contributed by atoms with Crippen molar-refractivity contribution in [2.75, 3.05) is 11.1 Å². The van der Waals surface area contributed by atoms with Crippen LogP contribution in [0.3, 0.4) is 0 Å². The highest BCUT2D eigenvalue weighted by Crippen LogP contribution is 2.24. The Bertz CT molecular complexity index is 605. The average Bonchev–Trinajstić information content (AvgIpc) is 2.63. The highest BCUT2D eigenvalue weighted by atomic mass is 35.5. The lowest BCUT2D eigenvalue weighted by atomic mass is 10.3. The largest absolute Gasteiger partial charge is 0.399 e. The van der Waals surface area contributed by atoms with Crippen LogP contribution in [0.2, 0.25) is 10.0 Å². The number of nitrogens with zero attached hydrogens (tertiary/aromatic N) is 2. The number of aromatic nitrogens is 2. The molecule has 0 unspecified atom stereocenters. The van der Waals surface area contributed by atoms with Crippen LogP contribution >= 0.6 is 23.2 Å². The Balaban J connectivity index is 2.07. The summed E-state index contributed by atoms with van der Waals surface area (Å²) >= 11 is 11.8. The molecule has 1 aromatic heterocycles. The Kier molecular flexibility index (Phi) is 3.97. The van der Waals surface area contributed by atoms with Gasteiger partial charge in [0.2, 0.25) is 5.91 Å². The van der Waals surface area contributed by atoms with Gasteiger partial charge in [0, 0.05) is 11.9 Å². The number of nitrogens with one attached hydrogen (secondary N) is 1. The molecule has 0 spiro atoms. The van der Waals surface area contributed by atoms with Crippen molar-refractivity contribution in [1.82, 2.24) is 9.78 Å². The van der Waals surface area contributed by atoms with Gasteiger partial charge < -0.3 is 11.1 Å². The van der Waals surface area contributed by atoms with Crippen molar-refractivity contribution in [3.8, 4) is 0 Å². The summed E-state index contributed by atoms with van der Waals surface area (Å²) in [4.78, 5) is 11.9. The molecule has 0 aliphatic heterocycles. The van der Waals surface area contributed by atoms with Gasteiger partial charge in [-0.05, 0) is 25.1 Å². The minimum atomic E-state index is -0.258. The smallest absolute Gasteiger partial charge is 0.246 e. The van der Waals surface area contributed by atoms with Crippen LogP contribution in [-0.2, 0) is 11.3 Å². The fourth-order valence-electron chi connectivity index (χ4n) is 1.55. The van der Waals surface area contributed by atoms with E-state index >= 15 is 0 Å². The second kappa shape index (κ2) is 5.50. The normalized spacial score (nSPS) is 10.5. The maximum Gasteiger partial charge on any atom is 0.246 e. The van der Waals surface area contributed by atoms with Crippen LogP contribution in [0.4, 0.5) is 11.4 Å². The molecule has 0 atom stereocenters. The fraction of sp³-hybridized carbons (Fsp3) is 0.167. The number of carbonyl (C=O) groups is 1. The number of carbonyl (C=O) groups excluding carboxylic acids is 1. The molecule has 0 aliphatic rings. The Hall–Kier alpha value is -1.72. The molecule has 7 heteroatoms. The first-order valence-electron chi connectivity index (χ1n) is 5.50. The predicted octanol–water partition coefficient (Wildman–Crippen LogP) is 2.72. The third-order valence-electron chi connectivity index (χ3n) is 2.46. The van der Waals surface area contributed by atoms with Crippen LogP contribution in [0.1, 0.15) is 5.69 Å². The molecule has 1 aromatic carbocycles. The van der Waals surface area contributed by atoms with E-state index in [1.54, 1.807) is 31.3 Å². The lowest BCUT2D eigenvalue weighted by molar-refractivity contribution is -0.116. The van der Waals surface area contributed by atoms with Crippen LogP contribution in [-0.4, -0.2) is 15.7 Å². The van der Waals surface area contributed by atoms with Gasteiger partial charge in [-0.25, -0.2) is 0 Å². The lowest BCUT2D eigenvalue weighted by Gasteiger charge is -2.08. The molecule has 19 heavy (non-hydrogen) atoms. The number of anilines is 2. The van der Waals surface area contributed by atoms with Crippen molar-refractivity contribution in [3.63, 3.8) is 0 Å². The number of rotatable bonds is 3. The number of hydrogen-bond donors (Lipinski definition) is 2. The van der Waals surface area contributed by atoms with Gasteiger partial charge in [0.05, 0.1) is 21.4 Å². The van der Waals surface area contributed by atoms with E-state index in [1.807, 2.05) is 0 Å². The molecule has 0 saturated carbocycles. The lowest BCUT2D eigenvalue weighted by Crippen LogP contribution is -2.19. The second-order valence-corrected chi connectivity index (χ2v) is 4.86. The SMILES string of the molecule is Cc1nn(CC(=O)Nc2cc(N)ccc2Cl)cc1Cl. The van der Waals surface area contributed by atoms with Gasteiger partial charge in [-0.1, -0.05) is 23.2 Å². The zero-order valence-electron chi connectivity index (χ0n) is 10.2. The zero-order chi connectivity index (χ0) is 14.0. The van der Waals surface area contributed by atoms with Crippen LogP contribution in [0.15, 0.2) is 24.4 Å². The molecule has 0 bridgehead atoms.